The number of phenols is 1. The van der Waals surface area contributed by atoms with Crippen LogP contribution in [-0.4, -0.2) is 83.9 Å². The SMILES string of the molecule is CCN(CC)CCNC(C(=O)OCCC(C)C)c1ccccc1.COc1cc(C(O)C(O)CO)ccc1O. The number of likely N-dealkylation sites (N-methyl/N-ethyl adjacent to an activating group) is 1. The fourth-order valence-corrected chi connectivity index (χ4v) is 3.57. The molecule has 9 heteroatoms. The number of nitrogens with zero attached hydrogens (tertiary/aromatic N) is 1. The number of aromatic hydroxyl groups is 1. The van der Waals surface area contributed by atoms with Crippen LogP contribution in [0, 0.1) is 5.92 Å². The first-order valence-electron chi connectivity index (χ1n) is 13.2. The van der Waals surface area contributed by atoms with Crippen molar-refractivity contribution in [1.82, 2.24) is 10.2 Å². The second-order valence-corrected chi connectivity index (χ2v) is 9.30. The minimum atomic E-state index is -1.25. The Morgan fingerprint density at radius 2 is 1.68 bits per heavy atom. The number of aliphatic hydroxyl groups is 3. The number of esters is 1. The molecule has 0 aromatic heterocycles. The van der Waals surface area contributed by atoms with Crippen molar-refractivity contribution < 1.29 is 34.7 Å². The zero-order valence-electron chi connectivity index (χ0n) is 23.3. The summed E-state index contributed by atoms with van der Waals surface area (Å²) in [6.45, 7) is 12.2. The molecule has 0 aliphatic carbocycles. The topological polar surface area (TPSA) is 132 Å². The third kappa shape index (κ3) is 11.8. The van der Waals surface area contributed by atoms with E-state index in [9.17, 15) is 20.1 Å². The Kier molecular flexibility index (Phi) is 16.3. The number of hydrogen-bond donors (Lipinski definition) is 5. The van der Waals surface area contributed by atoms with Crippen LogP contribution in [-0.2, 0) is 9.53 Å². The predicted octanol–water partition coefficient (Wildman–Crippen LogP) is 3.04. The first kappa shape index (κ1) is 33.3. The monoisotopic (exact) mass is 534 g/mol. The number of rotatable bonds is 15. The molecule has 214 valence electrons. The smallest absolute Gasteiger partial charge is 0.327 e. The first-order valence-corrected chi connectivity index (χ1v) is 13.2. The Balaban J connectivity index is 0.000000415. The summed E-state index contributed by atoms with van der Waals surface area (Å²) in [5.41, 5.74) is 1.33. The number of benzene rings is 2. The number of aliphatic hydroxyl groups excluding tert-OH is 3. The fraction of sp³-hybridized carbons (Fsp3) is 0.552. The maximum atomic E-state index is 12.4. The Bertz CT molecular complexity index is 907. The molecule has 2 rings (SSSR count). The highest BCUT2D eigenvalue weighted by Crippen LogP contribution is 2.29. The lowest BCUT2D eigenvalue weighted by Gasteiger charge is -2.22. The van der Waals surface area contributed by atoms with E-state index in [0.29, 0.717) is 18.1 Å². The highest BCUT2D eigenvalue weighted by Gasteiger charge is 2.22. The van der Waals surface area contributed by atoms with Gasteiger partial charge in [0.05, 0.1) is 20.3 Å². The molecule has 9 nitrogen and oxygen atoms in total. The normalized spacial score (nSPS) is 13.4. The van der Waals surface area contributed by atoms with Gasteiger partial charge in [-0.25, -0.2) is 4.79 Å². The van der Waals surface area contributed by atoms with Crippen molar-refractivity contribution in [2.24, 2.45) is 5.92 Å². The highest BCUT2D eigenvalue weighted by molar-refractivity contribution is 5.77. The van der Waals surface area contributed by atoms with Gasteiger partial charge in [0.2, 0.25) is 0 Å². The molecular weight excluding hydrogens is 488 g/mol. The van der Waals surface area contributed by atoms with Crippen LogP contribution in [0.1, 0.15) is 57.4 Å². The second-order valence-electron chi connectivity index (χ2n) is 9.30. The fourth-order valence-electron chi connectivity index (χ4n) is 3.57. The number of methoxy groups -OCH3 is 1. The van der Waals surface area contributed by atoms with E-state index in [1.165, 1.54) is 25.3 Å². The van der Waals surface area contributed by atoms with Crippen LogP contribution < -0.4 is 10.1 Å². The highest BCUT2D eigenvalue weighted by atomic mass is 16.5. The quantitative estimate of drug-likeness (QED) is 0.219. The van der Waals surface area contributed by atoms with Gasteiger partial charge in [0.25, 0.3) is 0 Å². The van der Waals surface area contributed by atoms with Gasteiger partial charge in [0, 0.05) is 13.1 Å². The minimum Gasteiger partial charge on any atom is -0.504 e. The number of carbonyl (C=O) groups excluding carboxylic acids is 1. The molecule has 0 bridgehead atoms. The van der Waals surface area contributed by atoms with Crippen LogP contribution in [0.5, 0.6) is 11.5 Å². The van der Waals surface area contributed by atoms with E-state index >= 15 is 0 Å². The molecule has 0 amide bonds. The van der Waals surface area contributed by atoms with Crippen molar-refractivity contribution >= 4 is 5.97 Å². The van der Waals surface area contributed by atoms with E-state index in [-0.39, 0.29) is 23.5 Å². The van der Waals surface area contributed by atoms with Crippen molar-refractivity contribution in [3.63, 3.8) is 0 Å². The summed E-state index contributed by atoms with van der Waals surface area (Å²) in [5, 5.41) is 40.1. The third-order valence-electron chi connectivity index (χ3n) is 6.08. The molecule has 2 aromatic rings. The van der Waals surface area contributed by atoms with E-state index < -0.39 is 18.8 Å². The van der Waals surface area contributed by atoms with Gasteiger partial charge in [0.15, 0.2) is 11.5 Å². The van der Waals surface area contributed by atoms with E-state index in [0.717, 1.165) is 38.2 Å². The average Bonchev–Trinajstić information content (AvgIpc) is 2.93. The van der Waals surface area contributed by atoms with E-state index in [1.54, 1.807) is 0 Å². The zero-order valence-corrected chi connectivity index (χ0v) is 23.3. The van der Waals surface area contributed by atoms with Gasteiger partial charge in [-0.15, -0.1) is 0 Å². The number of ether oxygens (including phenoxy) is 2. The van der Waals surface area contributed by atoms with Gasteiger partial charge < -0.3 is 34.8 Å². The van der Waals surface area contributed by atoms with Crippen molar-refractivity contribution in [2.45, 2.75) is 52.4 Å². The summed E-state index contributed by atoms with van der Waals surface area (Å²) in [6, 6.07) is 13.6. The Morgan fingerprint density at radius 1 is 1.03 bits per heavy atom. The summed E-state index contributed by atoms with van der Waals surface area (Å²) >= 11 is 0. The molecule has 5 N–H and O–H groups in total. The van der Waals surface area contributed by atoms with Crippen LogP contribution in [0.3, 0.4) is 0 Å². The average molecular weight is 535 g/mol. The van der Waals surface area contributed by atoms with Crippen LogP contribution in [0.15, 0.2) is 48.5 Å². The third-order valence-corrected chi connectivity index (χ3v) is 6.08. The Hall–Kier alpha value is -2.69. The molecule has 0 aliphatic heterocycles. The van der Waals surface area contributed by atoms with Gasteiger partial charge in [-0.1, -0.05) is 64.1 Å². The maximum absolute atomic E-state index is 12.4. The molecule has 3 atom stereocenters. The standard InChI is InChI=1S/C19H32N2O2.C10H14O5/c1-5-21(6-2)14-13-20-18(17-10-8-7-9-11-17)19(22)23-15-12-16(3)4;1-15-9-4-6(2-3-7(9)12)10(14)8(13)5-11/h7-11,16,18,20H,5-6,12-15H2,1-4H3;2-4,8,10-14H,5H2,1H3. The molecule has 0 aliphatic rings. The number of hydrogen-bond acceptors (Lipinski definition) is 9. The molecule has 0 fully saturated rings. The van der Waals surface area contributed by atoms with Gasteiger partial charge in [-0.3, -0.25) is 5.32 Å². The zero-order chi connectivity index (χ0) is 28.5. The summed E-state index contributed by atoms with van der Waals surface area (Å²) < 4.78 is 10.3. The van der Waals surface area contributed by atoms with E-state index in [2.05, 4.69) is 37.9 Å². The van der Waals surface area contributed by atoms with Crippen LogP contribution in [0.25, 0.3) is 0 Å². The number of carbonyl (C=O) groups is 1. The summed E-state index contributed by atoms with van der Waals surface area (Å²) in [7, 11) is 1.38. The number of nitrogens with one attached hydrogen (secondary N) is 1. The Labute approximate surface area is 227 Å². The summed E-state index contributed by atoms with van der Waals surface area (Å²) in [5.74, 6) is 0.508. The molecule has 0 radical (unpaired) electrons. The maximum Gasteiger partial charge on any atom is 0.327 e. The Morgan fingerprint density at radius 3 is 2.24 bits per heavy atom. The van der Waals surface area contributed by atoms with Gasteiger partial charge in [0.1, 0.15) is 18.2 Å². The van der Waals surface area contributed by atoms with Crippen LogP contribution in [0.4, 0.5) is 0 Å². The van der Waals surface area contributed by atoms with Gasteiger partial charge in [-0.2, -0.15) is 0 Å². The van der Waals surface area contributed by atoms with E-state index in [1.807, 2.05) is 30.3 Å². The lowest BCUT2D eigenvalue weighted by Crippen LogP contribution is -2.37. The molecular formula is C29H46N2O7. The summed E-state index contributed by atoms with van der Waals surface area (Å²) in [6.07, 6.45) is -1.56. The van der Waals surface area contributed by atoms with Crippen LogP contribution >= 0.6 is 0 Å². The first-order chi connectivity index (χ1) is 18.2. The molecule has 0 saturated carbocycles. The minimum absolute atomic E-state index is 0.0491. The molecule has 0 spiro atoms. The largest absolute Gasteiger partial charge is 0.504 e. The molecule has 0 heterocycles. The van der Waals surface area contributed by atoms with Gasteiger partial charge in [-0.05, 0) is 48.7 Å². The van der Waals surface area contributed by atoms with Crippen LogP contribution in [0.2, 0.25) is 0 Å². The molecule has 2 aromatic carbocycles. The molecule has 38 heavy (non-hydrogen) atoms. The van der Waals surface area contributed by atoms with Gasteiger partial charge >= 0.3 is 5.97 Å². The predicted molar refractivity (Wildman–Crippen MR) is 148 cm³/mol. The van der Waals surface area contributed by atoms with Crippen molar-refractivity contribution in [3.05, 3.63) is 59.7 Å². The second kappa shape index (κ2) is 18.5. The lowest BCUT2D eigenvalue weighted by molar-refractivity contribution is -0.146. The van der Waals surface area contributed by atoms with E-state index in [4.69, 9.17) is 14.6 Å². The molecule has 0 saturated heterocycles. The summed E-state index contributed by atoms with van der Waals surface area (Å²) in [4.78, 5) is 14.8. The molecule has 3 unspecified atom stereocenters. The van der Waals surface area contributed by atoms with Crippen molar-refractivity contribution in [2.75, 3.05) is 46.5 Å². The van der Waals surface area contributed by atoms with Crippen molar-refractivity contribution in [3.8, 4) is 11.5 Å². The lowest BCUT2D eigenvalue weighted by atomic mass is 10.0. The number of phenolic OH excluding ortho intramolecular Hbond substituents is 1. The van der Waals surface area contributed by atoms with Crippen molar-refractivity contribution in [1.29, 1.82) is 0 Å².